The zero-order chi connectivity index (χ0) is 16.9. The Morgan fingerprint density at radius 2 is 2.04 bits per heavy atom. The molecular formula is C17H22N4O3. The smallest absolute Gasteiger partial charge is 0.346 e. The van der Waals surface area contributed by atoms with Gasteiger partial charge in [-0.2, -0.15) is 5.10 Å². The number of nitrogens with one attached hydrogen (secondary N) is 1. The highest BCUT2D eigenvalue weighted by molar-refractivity contribution is 5.76. The zero-order valence-electron chi connectivity index (χ0n) is 13.5. The van der Waals surface area contributed by atoms with E-state index in [9.17, 15) is 14.7 Å². The largest absolute Gasteiger partial charge is 0.394 e. The number of nitrogens with zero attached hydrogens (tertiary/aromatic N) is 3. The van der Waals surface area contributed by atoms with Crippen LogP contribution in [-0.2, 0) is 24.3 Å². The fourth-order valence-electron chi connectivity index (χ4n) is 3.02. The SMILES string of the molecule is O=C(Cn1nc2n(c1=O)CCCCC2)NC(CO)c1ccccc1. The van der Waals surface area contributed by atoms with Crippen LogP contribution in [0.15, 0.2) is 35.1 Å². The molecule has 0 saturated heterocycles. The maximum absolute atomic E-state index is 12.4. The predicted molar refractivity (Wildman–Crippen MR) is 88.5 cm³/mol. The number of benzene rings is 1. The van der Waals surface area contributed by atoms with Crippen molar-refractivity contribution in [2.24, 2.45) is 0 Å². The number of amides is 1. The number of hydrogen-bond acceptors (Lipinski definition) is 4. The predicted octanol–water partition coefficient (Wildman–Crippen LogP) is 0.621. The third-order valence-electron chi connectivity index (χ3n) is 4.29. The van der Waals surface area contributed by atoms with E-state index in [1.165, 1.54) is 4.68 Å². The van der Waals surface area contributed by atoms with Crippen LogP contribution >= 0.6 is 0 Å². The first-order valence-corrected chi connectivity index (χ1v) is 8.30. The second-order valence-electron chi connectivity index (χ2n) is 6.03. The number of fused-ring (bicyclic) bond motifs is 1. The van der Waals surface area contributed by atoms with E-state index in [2.05, 4.69) is 10.4 Å². The summed E-state index contributed by atoms with van der Waals surface area (Å²) < 4.78 is 2.89. The van der Waals surface area contributed by atoms with Crippen molar-refractivity contribution in [1.29, 1.82) is 0 Å². The molecule has 0 aliphatic carbocycles. The van der Waals surface area contributed by atoms with Gasteiger partial charge in [-0.3, -0.25) is 9.36 Å². The van der Waals surface area contributed by atoms with Crippen LogP contribution in [0.3, 0.4) is 0 Å². The second kappa shape index (κ2) is 7.44. The van der Waals surface area contributed by atoms with E-state index in [0.717, 1.165) is 37.1 Å². The van der Waals surface area contributed by atoms with Gasteiger partial charge in [-0.25, -0.2) is 9.48 Å². The third kappa shape index (κ3) is 3.56. The fourth-order valence-corrected chi connectivity index (χ4v) is 3.02. The van der Waals surface area contributed by atoms with E-state index in [0.29, 0.717) is 6.54 Å². The van der Waals surface area contributed by atoms with Crippen molar-refractivity contribution in [3.8, 4) is 0 Å². The minimum Gasteiger partial charge on any atom is -0.394 e. The molecule has 3 rings (SSSR count). The summed E-state index contributed by atoms with van der Waals surface area (Å²) in [7, 11) is 0. The van der Waals surface area contributed by atoms with E-state index in [-0.39, 0.29) is 24.7 Å². The fraction of sp³-hybridized carbons (Fsp3) is 0.471. The number of aliphatic hydroxyl groups is 1. The number of carbonyl (C=O) groups excluding carboxylic acids is 1. The standard InChI is InChI=1S/C17H22N4O3/c22-12-14(13-7-3-1-4-8-13)18-16(23)11-21-17(24)20-10-6-2-5-9-15(20)19-21/h1,3-4,7-8,14,22H,2,5-6,9-12H2,(H,18,23). The quantitative estimate of drug-likeness (QED) is 0.841. The maximum atomic E-state index is 12.4. The summed E-state index contributed by atoms with van der Waals surface area (Å²) >= 11 is 0. The van der Waals surface area contributed by atoms with Crippen LogP contribution < -0.4 is 11.0 Å². The van der Waals surface area contributed by atoms with Crippen molar-refractivity contribution in [2.75, 3.05) is 6.61 Å². The molecule has 1 atom stereocenters. The molecule has 1 aromatic heterocycles. The molecular weight excluding hydrogens is 308 g/mol. The van der Waals surface area contributed by atoms with E-state index in [1.807, 2.05) is 30.3 Å². The van der Waals surface area contributed by atoms with Crippen molar-refractivity contribution < 1.29 is 9.90 Å². The average Bonchev–Trinajstić information content (AvgIpc) is 2.78. The van der Waals surface area contributed by atoms with Gasteiger partial charge in [0.1, 0.15) is 12.4 Å². The Hall–Kier alpha value is -2.41. The Morgan fingerprint density at radius 1 is 1.25 bits per heavy atom. The molecule has 7 nitrogen and oxygen atoms in total. The van der Waals surface area contributed by atoms with Gasteiger partial charge < -0.3 is 10.4 Å². The minimum atomic E-state index is -0.491. The molecule has 2 N–H and O–H groups in total. The van der Waals surface area contributed by atoms with Gasteiger partial charge in [0.15, 0.2) is 0 Å². The first-order chi connectivity index (χ1) is 11.7. The highest BCUT2D eigenvalue weighted by Gasteiger charge is 2.19. The summed E-state index contributed by atoms with van der Waals surface area (Å²) in [4.78, 5) is 24.6. The Bertz CT molecular complexity index is 751. The van der Waals surface area contributed by atoms with Crippen molar-refractivity contribution in [3.63, 3.8) is 0 Å². The van der Waals surface area contributed by atoms with E-state index in [4.69, 9.17) is 0 Å². The molecule has 2 heterocycles. The lowest BCUT2D eigenvalue weighted by atomic mass is 10.1. The third-order valence-corrected chi connectivity index (χ3v) is 4.29. The van der Waals surface area contributed by atoms with E-state index in [1.54, 1.807) is 4.57 Å². The molecule has 0 saturated carbocycles. The molecule has 1 aromatic carbocycles. The van der Waals surface area contributed by atoms with Gasteiger partial charge in [-0.15, -0.1) is 0 Å². The summed E-state index contributed by atoms with van der Waals surface area (Å²) in [6.07, 6.45) is 3.85. The summed E-state index contributed by atoms with van der Waals surface area (Å²) in [6, 6.07) is 8.76. The van der Waals surface area contributed by atoms with Crippen LogP contribution in [0, 0.1) is 0 Å². The minimum absolute atomic E-state index is 0.137. The highest BCUT2D eigenvalue weighted by atomic mass is 16.3. The molecule has 2 aromatic rings. The number of carbonyl (C=O) groups is 1. The van der Waals surface area contributed by atoms with Crippen LogP contribution in [0.1, 0.15) is 36.7 Å². The van der Waals surface area contributed by atoms with E-state index < -0.39 is 6.04 Å². The molecule has 1 amide bonds. The first-order valence-electron chi connectivity index (χ1n) is 8.30. The second-order valence-corrected chi connectivity index (χ2v) is 6.03. The van der Waals surface area contributed by atoms with E-state index >= 15 is 0 Å². The van der Waals surface area contributed by atoms with Gasteiger partial charge in [0.05, 0.1) is 12.6 Å². The summed E-state index contributed by atoms with van der Waals surface area (Å²) in [5.74, 6) is 0.417. The lowest BCUT2D eigenvalue weighted by Gasteiger charge is -2.16. The summed E-state index contributed by atoms with van der Waals surface area (Å²) in [6.45, 7) is 0.325. The molecule has 0 fully saturated rings. The summed E-state index contributed by atoms with van der Waals surface area (Å²) in [5, 5.41) is 16.6. The lowest BCUT2D eigenvalue weighted by Crippen LogP contribution is -2.36. The number of aliphatic hydroxyl groups excluding tert-OH is 1. The molecule has 24 heavy (non-hydrogen) atoms. The average molecular weight is 330 g/mol. The first kappa shape index (κ1) is 16.4. The molecule has 1 aliphatic heterocycles. The van der Waals surface area contributed by atoms with Crippen molar-refractivity contribution in [3.05, 3.63) is 52.2 Å². The monoisotopic (exact) mass is 330 g/mol. The molecule has 0 spiro atoms. The Labute approximate surface area is 139 Å². The Kier molecular flexibility index (Phi) is 5.10. The Morgan fingerprint density at radius 3 is 2.79 bits per heavy atom. The van der Waals surface area contributed by atoms with Gasteiger partial charge in [0.2, 0.25) is 5.91 Å². The number of aryl methyl sites for hydroxylation is 1. The Balaban J connectivity index is 1.70. The number of hydrogen-bond donors (Lipinski definition) is 2. The van der Waals surface area contributed by atoms with Crippen LogP contribution in [0.4, 0.5) is 0 Å². The van der Waals surface area contributed by atoms with Gasteiger partial charge in [-0.1, -0.05) is 36.8 Å². The van der Waals surface area contributed by atoms with Crippen LogP contribution in [0.2, 0.25) is 0 Å². The van der Waals surface area contributed by atoms with Gasteiger partial charge in [0.25, 0.3) is 0 Å². The van der Waals surface area contributed by atoms with Crippen molar-refractivity contribution in [1.82, 2.24) is 19.7 Å². The number of rotatable bonds is 5. The molecule has 0 radical (unpaired) electrons. The van der Waals surface area contributed by atoms with Crippen molar-refractivity contribution in [2.45, 2.75) is 44.8 Å². The van der Waals surface area contributed by atoms with Crippen LogP contribution in [0.25, 0.3) is 0 Å². The highest BCUT2D eigenvalue weighted by Crippen LogP contribution is 2.12. The zero-order valence-corrected chi connectivity index (χ0v) is 13.5. The van der Waals surface area contributed by atoms with Gasteiger partial charge in [-0.05, 0) is 18.4 Å². The normalized spacial score (nSPS) is 15.4. The summed E-state index contributed by atoms with van der Waals surface area (Å²) in [5.41, 5.74) is 0.587. The van der Waals surface area contributed by atoms with Crippen LogP contribution in [-0.4, -0.2) is 32.0 Å². The molecule has 0 bridgehead atoms. The topological polar surface area (TPSA) is 89.2 Å². The van der Waals surface area contributed by atoms with Crippen LogP contribution in [0.5, 0.6) is 0 Å². The maximum Gasteiger partial charge on any atom is 0.346 e. The van der Waals surface area contributed by atoms with Gasteiger partial charge in [0, 0.05) is 13.0 Å². The molecule has 128 valence electrons. The number of aromatic nitrogens is 3. The van der Waals surface area contributed by atoms with Gasteiger partial charge >= 0.3 is 5.69 Å². The molecule has 7 heteroatoms. The molecule has 1 aliphatic rings. The molecule has 1 unspecified atom stereocenters. The lowest BCUT2D eigenvalue weighted by molar-refractivity contribution is -0.123. The van der Waals surface area contributed by atoms with Crippen molar-refractivity contribution >= 4 is 5.91 Å².